The molecule has 0 saturated carbocycles. The lowest BCUT2D eigenvalue weighted by Crippen LogP contribution is -2.46. The highest BCUT2D eigenvalue weighted by atomic mass is 19.1. The average molecular weight is 459 g/mol. The van der Waals surface area contributed by atoms with Crippen LogP contribution in [0.4, 0.5) is 20.4 Å². The van der Waals surface area contributed by atoms with Gasteiger partial charge in [-0.15, -0.1) is 0 Å². The molecule has 2 aromatic heterocycles. The van der Waals surface area contributed by atoms with Gasteiger partial charge in [-0.25, -0.2) is 18.7 Å². The summed E-state index contributed by atoms with van der Waals surface area (Å²) in [5.41, 5.74) is 1.97. The molecule has 1 saturated heterocycles. The van der Waals surface area contributed by atoms with Gasteiger partial charge >= 0.3 is 0 Å². The molecule has 3 N–H and O–H groups in total. The van der Waals surface area contributed by atoms with Crippen LogP contribution in [-0.4, -0.2) is 68.9 Å². The zero-order valence-electron chi connectivity index (χ0n) is 18.7. The van der Waals surface area contributed by atoms with Crippen molar-refractivity contribution in [3.63, 3.8) is 0 Å². The maximum atomic E-state index is 14.0. The number of nitrogens with one attached hydrogen (secondary N) is 1. The van der Waals surface area contributed by atoms with Gasteiger partial charge in [0.05, 0.1) is 24.0 Å². The molecule has 0 bridgehead atoms. The molecular formula is C23H28F2N6O2. The molecule has 0 spiro atoms. The van der Waals surface area contributed by atoms with Crippen molar-refractivity contribution in [3.8, 4) is 0 Å². The minimum Gasteiger partial charge on any atom is -0.393 e. The number of benzene rings is 1. The van der Waals surface area contributed by atoms with Gasteiger partial charge < -0.3 is 20.4 Å². The highest BCUT2D eigenvalue weighted by molar-refractivity contribution is 5.80. The lowest BCUT2D eigenvalue weighted by molar-refractivity contribution is 0.0924. The van der Waals surface area contributed by atoms with E-state index in [2.05, 4.69) is 20.1 Å². The van der Waals surface area contributed by atoms with Gasteiger partial charge in [0, 0.05) is 50.4 Å². The molecule has 0 aliphatic carbocycles. The fourth-order valence-electron chi connectivity index (χ4n) is 3.84. The van der Waals surface area contributed by atoms with E-state index in [1.807, 2.05) is 13.8 Å². The Morgan fingerprint density at radius 2 is 1.82 bits per heavy atom. The number of pyridine rings is 1. The minimum absolute atomic E-state index is 0.140. The SMILES string of the molecule is CC(C)Nc1nc2cnc(C(O)CO)cc2nc1N1CCN(Cc2ccc(F)cc2F)CC1. The van der Waals surface area contributed by atoms with Crippen molar-refractivity contribution in [2.75, 3.05) is 43.0 Å². The van der Waals surface area contributed by atoms with Crippen LogP contribution < -0.4 is 10.2 Å². The number of aliphatic hydroxyl groups excluding tert-OH is 2. The normalized spacial score (nSPS) is 15.9. The second-order valence-electron chi connectivity index (χ2n) is 8.49. The second kappa shape index (κ2) is 9.90. The van der Waals surface area contributed by atoms with E-state index in [9.17, 15) is 19.0 Å². The molecule has 1 aliphatic heterocycles. The Kier molecular flexibility index (Phi) is 6.96. The molecule has 8 nitrogen and oxygen atoms in total. The van der Waals surface area contributed by atoms with Crippen LogP contribution in [0.2, 0.25) is 0 Å². The van der Waals surface area contributed by atoms with Gasteiger partial charge in [-0.2, -0.15) is 0 Å². The maximum Gasteiger partial charge on any atom is 0.172 e. The summed E-state index contributed by atoms with van der Waals surface area (Å²) in [6.07, 6.45) is 0.463. The van der Waals surface area contributed by atoms with Crippen LogP contribution in [0.5, 0.6) is 0 Å². The lowest BCUT2D eigenvalue weighted by atomic mass is 10.1. The second-order valence-corrected chi connectivity index (χ2v) is 8.49. The van der Waals surface area contributed by atoms with Crippen LogP contribution in [-0.2, 0) is 6.54 Å². The van der Waals surface area contributed by atoms with Crippen molar-refractivity contribution in [2.24, 2.45) is 0 Å². The van der Waals surface area contributed by atoms with Crippen LogP contribution in [0.3, 0.4) is 0 Å². The monoisotopic (exact) mass is 458 g/mol. The van der Waals surface area contributed by atoms with Crippen LogP contribution >= 0.6 is 0 Å². The Labute approximate surface area is 190 Å². The van der Waals surface area contributed by atoms with Crippen molar-refractivity contribution in [2.45, 2.75) is 32.5 Å². The quantitative estimate of drug-likeness (QED) is 0.497. The Balaban J connectivity index is 1.55. The highest BCUT2D eigenvalue weighted by Crippen LogP contribution is 2.28. The van der Waals surface area contributed by atoms with Gasteiger partial charge in [-0.1, -0.05) is 6.07 Å². The lowest BCUT2D eigenvalue weighted by Gasteiger charge is -2.36. The van der Waals surface area contributed by atoms with E-state index < -0.39 is 24.3 Å². The average Bonchev–Trinajstić information content (AvgIpc) is 2.80. The Morgan fingerprint density at radius 1 is 1.06 bits per heavy atom. The van der Waals surface area contributed by atoms with E-state index in [0.717, 1.165) is 6.07 Å². The molecule has 3 heterocycles. The zero-order chi connectivity index (χ0) is 23.5. The smallest absolute Gasteiger partial charge is 0.172 e. The fourth-order valence-corrected chi connectivity index (χ4v) is 3.84. The third-order valence-corrected chi connectivity index (χ3v) is 5.57. The molecular weight excluding hydrogens is 430 g/mol. The number of rotatable bonds is 7. The molecule has 4 rings (SSSR count). The maximum absolute atomic E-state index is 14.0. The first kappa shape index (κ1) is 23.2. The molecule has 3 aromatic rings. The molecule has 0 radical (unpaired) electrons. The van der Waals surface area contributed by atoms with Crippen molar-refractivity contribution < 1.29 is 19.0 Å². The van der Waals surface area contributed by atoms with E-state index in [0.29, 0.717) is 66.7 Å². The van der Waals surface area contributed by atoms with Gasteiger partial charge in [-0.05, 0) is 26.0 Å². The van der Waals surface area contributed by atoms with Crippen LogP contribution in [0.1, 0.15) is 31.2 Å². The number of nitrogens with zero attached hydrogens (tertiary/aromatic N) is 5. The molecule has 33 heavy (non-hydrogen) atoms. The molecule has 1 fully saturated rings. The first-order valence-electron chi connectivity index (χ1n) is 11.0. The number of aromatic nitrogens is 3. The van der Waals surface area contributed by atoms with Crippen LogP contribution in [0.25, 0.3) is 11.0 Å². The third kappa shape index (κ3) is 5.35. The standard InChI is InChI=1S/C23H28F2N6O2/c1-14(2)27-22-23(29-18-10-19(21(33)13-32)26-11-20(18)28-22)31-7-5-30(6-8-31)12-15-3-4-16(24)9-17(15)25/h3-4,9-11,14,21,32-33H,5-8,12-13H2,1-2H3,(H,27,28). The Morgan fingerprint density at radius 3 is 2.48 bits per heavy atom. The number of hydrogen-bond acceptors (Lipinski definition) is 8. The summed E-state index contributed by atoms with van der Waals surface area (Å²) in [4.78, 5) is 17.9. The number of halogens is 2. The van der Waals surface area contributed by atoms with E-state index in [1.165, 1.54) is 12.1 Å². The summed E-state index contributed by atoms with van der Waals surface area (Å²) in [6.45, 7) is 6.70. The van der Waals surface area contributed by atoms with Gasteiger partial charge in [0.15, 0.2) is 11.6 Å². The van der Waals surface area contributed by atoms with Gasteiger partial charge in [0.25, 0.3) is 0 Å². The molecule has 1 aromatic carbocycles. The first-order chi connectivity index (χ1) is 15.8. The summed E-state index contributed by atoms with van der Waals surface area (Å²) in [6, 6.07) is 5.46. The Bertz CT molecular complexity index is 1120. The third-order valence-electron chi connectivity index (χ3n) is 5.57. The molecule has 1 aliphatic rings. The van der Waals surface area contributed by atoms with Crippen LogP contribution in [0.15, 0.2) is 30.5 Å². The number of hydrogen-bond donors (Lipinski definition) is 3. The van der Waals surface area contributed by atoms with E-state index in [-0.39, 0.29) is 6.04 Å². The fraction of sp³-hybridized carbons (Fsp3) is 0.435. The van der Waals surface area contributed by atoms with E-state index >= 15 is 0 Å². The summed E-state index contributed by atoms with van der Waals surface area (Å²) >= 11 is 0. The van der Waals surface area contributed by atoms with Crippen molar-refractivity contribution in [1.82, 2.24) is 19.9 Å². The predicted octanol–water partition coefficient (Wildman–Crippen LogP) is 2.47. The van der Waals surface area contributed by atoms with Gasteiger partial charge in [0.1, 0.15) is 23.3 Å². The molecule has 176 valence electrons. The largest absolute Gasteiger partial charge is 0.393 e. The minimum atomic E-state index is -1.08. The summed E-state index contributed by atoms with van der Waals surface area (Å²) < 4.78 is 27.2. The number of fused-ring (bicyclic) bond motifs is 1. The molecule has 1 atom stereocenters. The molecule has 1 unspecified atom stereocenters. The van der Waals surface area contributed by atoms with E-state index in [4.69, 9.17) is 9.97 Å². The summed E-state index contributed by atoms with van der Waals surface area (Å²) in [5.74, 6) is 0.231. The number of aliphatic hydroxyl groups is 2. The number of anilines is 2. The Hall–Kier alpha value is -2.95. The first-order valence-corrected chi connectivity index (χ1v) is 11.0. The summed E-state index contributed by atoms with van der Waals surface area (Å²) in [5, 5.41) is 22.5. The summed E-state index contributed by atoms with van der Waals surface area (Å²) in [7, 11) is 0. The van der Waals surface area contributed by atoms with Crippen molar-refractivity contribution >= 4 is 22.7 Å². The van der Waals surface area contributed by atoms with Gasteiger partial charge in [0.2, 0.25) is 0 Å². The van der Waals surface area contributed by atoms with E-state index in [1.54, 1.807) is 12.3 Å². The number of piperazine rings is 1. The molecule has 10 heteroatoms. The predicted molar refractivity (Wildman–Crippen MR) is 122 cm³/mol. The molecule has 0 amide bonds. The van der Waals surface area contributed by atoms with Crippen molar-refractivity contribution in [3.05, 3.63) is 53.4 Å². The topological polar surface area (TPSA) is 97.6 Å². The van der Waals surface area contributed by atoms with Crippen LogP contribution in [0, 0.1) is 11.6 Å². The van der Waals surface area contributed by atoms with Gasteiger partial charge in [-0.3, -0.25) is 9.88 Å². The van der Waals surface area contributed by atoms with Crippen molar-refractivity contribution in [1.29, 1.82) is 0 Å². The zero-order valence-corrected chi connectivity index (χ0v) is 18.7. The highest BCUT2D eigenvalue weighted by Gasteiger charge is 2.23.